The van der Waals surface area contributed by atoms with Gasteiger partial charge in [-0.15, -0.1) is 0 Å². The molecule has 0 aromatic rings. The maximum atomic E-state index is 12.5. The van der Waals surface area contributed by atoms with E-state index in [0.717, 1.165) is 25.7 Å². The third-order valence-corrected chi connectivity index (χ3v) is 8.66. The lowest BCUT2D eigenvalue weighted by Crippen LogP contribution is -2.65. The second-order valence-corrected chi connectivity index (χ2v) is 9.08. The Morgan fingerprint density at radius 2 is 1.36 bits per heavy atom. The zero-order valence-corrected chi connectivity index (χ0v) is 13.9. The van der Waals surface area contributed by atoms with Crippen molar-refractivity contribution in [3.05, 3.63) is 0 Å². The van der Waals surface area contributed by atoms with Crippen LogP contribution in [0.15, 0.2) is 0 Å². The van der Waals surface area contributed by atoms with E-state index in [-0.39, 0.29) is 59.3 Å². The number of aliphatic hydroxyl groups excluding tert-OH is 1. The van der Waals surface area contributed by atoms with E-state index in [9.17, 15) is 19.5 Å². The first-order valence-electron chi connectivity index (χ1n) is 9.69. The summed E-state index contributed by atoms with van der Waals surface area (Å²) in [4.78, 5) is 36.7. The average molecular weight is 346 g/mol. The summed E-state index contributed by atoms with van der Waals surface area (Å²) in [6.07, 6.45) is 3.45. The number of fused-ring (bicyclic) bond motifs is 2. The quantitative estimate of drug-likeness (QED) is 0.522. The molecule has 11 unspecified atom stereocenters. The van der Waals surface area contributed by atoms with Crippen LogP contribution in [0.25, 0.3) is 0 Å². The highest BCUT2D eigenvalue weighted by Gasteiger charge is 2.70. The van der Waals surface area contributed by atoms with E-state index in [1.807, 2.05) is 0 Å². The Morgan fingerprint density at radius 1 is 0.720 bits per heavy atom. The lowest BCUT2D eigenvalue weighted by molar-refractivity contribution is -0.224. The van der Waals surface area contributed by atoms with Crippen LogP contribution in [0.5, 0.6) is 0 Å². The first kappa shape index (κ1) is 14.7. The van der Waals surface area contributed by atoms with Crippen LogP contribution in [0.4, 0.5) is 0 Å². The van der Waals surface area contributed by atoms with Gasteiger partial charge in [0, 0.05) is 12.3 Å². The average Bonchev–Trinajstić information content (AvgIpc) is 2.91. The van der Waals surface area contributed by atoms with Gasteiger partial charge < -0.3 is 14.6 Å². The van der Waals surface area contributed by atoms with E-state index in [4.69, 9.17) is 9.47 Å². The molecule has 6 saturated carbocycles. The first-order chi connectivity index (χ1) is 12.1. The molecule has 134 valence electrons. The van der Waals surface area contributed by atoms with Crippen LogP contribution < -0.4 is 0 Å². The number of carbonyl (C=O) groups is 3. The largest absolute Gasteiger partial charge is 0.435 e. The monoisotopic (exact) mass is 346 g/mol. The van der Waals surface area contributed by atoms with E-state index in [0.29, 0.717) is 24.2 Å². The van der Waals surface area contributed by atoms with Crippen molar-refractivity contribution >= 4 is 17.9 Å². The normalized spacial score (nSPS) is 58.3. The molecule has 8 rings (SSSR count). The fourth-order valence-corrected chi connectivity index (χ4v) is 8.28. The third-order valence-electron chi connectivity index (χ3n) is 8.66. The minimum atomic E-state index is -0.972. The molecule has 11 atom stereocenters. The minimum absolute atomic E-state index is 0.0865. The van der Waals surface area contributed by atoms with E-state index in [1.165, 1.54) is 0 Å². The second kappa shape index (κ2) is 4.64. The first-order valence-corrected chi connectivity index (χ1v) is 9.69. The van der Waals surface area contributed by atoms with Crippen molar-refractivity contribution in [1.82, 2.24) is 0 Å². The number of esters is 3. The number of ether oxygens (including phenoxy) is 2. The predicted molar refractivity (Wildman–Crippen MR) is 81.2 cm³/mol. The molecule has 4 bridgehead atoms. The van der Waals surface area contributed by atoms with Gasteiger partial charge in [0.25, 0.3) is 0 Å². The molecule has 8 fully saturated rings. The van der Waals surface area contributed by atoms with Crippen LogP contribution in [-0.4, -0.2) is 29.3 Å². The SMILES string of the molecule is O=C1CC2C3CCC(C2C(=O)O1)C1C2CCC(C4C(O)OC(=O)C24)C31. The fourth-order valence-electron chi connectivity index (χ4n) is 8.28. The highest BCUT2D eigenvalue weighted by atomic mass is 16.6. The standard InChI is InChI=1S/C19H22O6/c20-11-5-10-6-1-2-7(14(10)17(21)24-11)13-9-4-3-8(12(6)13)15-16(9)19(23)25-18(15)22/h6-10,12-16,18,22H,1-5H2. The third kappa shape index (κ3) is 1.63. The lowest BCUT2D eigenvalue weighted by atomic mass is 9.37. The summed E-state index contributed by atoms with van der Waals surface area (Å²) in [6.45, 7) is 0. The minimum Gasteiger partial charge on any atom is -0.435 e. The number of rotatable bonds is 0. The summed E-state index contributed by atoms with van der Waals surface area (Å²) in [6, 6.07) is 0. The molecule has 8 aliphatic rings. The Bertz CT molecular complexity index is 687. The molecule has 0 radical (unpaired) electrons. The topological polar surface area (TPSA) is 89.9 Å². The van der Waals surface area contributed by atoms with Gasteiger partial charge in [0.1, 0.15) is 0 Å². The van der Waals surface area contributed by atoms with Gasteiger partial charge in [-0.05, 0) is 67.1 Å². The molecule has 0 aromatic carbocycles. The molecular formula is C19H22O6. The highest BCUT2D eigenvalue weighted by molar-refractivity contribution is 5.90. The number of aliphatic hydroxyl groups is 1. The van der Waals surface area contributed by atoms with Crippen LogP contribution >= 0.6 is 0 Å². The van der Waals surface area contributed by atoms with Crippen molar-refractivity contribution in [1.29, 1.82) is 0 Å². The molecule has 2 aliphatic heterocycles. The van der Waals surface area contributed by atoms with Gasteiger partial charge in [-0.25, -0.2) is 0 Å². The van der Waals surface area contributed by atoms with E-state index >= 15 is 0 Å². The molecule has 0 spiro atoms. The second-order valence-electron chi connectivity index (χ2n) is 9.08. The lowest BCUT2D eigenvalue weighted by Gasteiger charge is -2.66. The molecule has 1 N–H and O–H groups in total. The van der Waals surface area contributed by atoms with Crippen molar-refractivity contribution in [3.8, 4) is 0 Å². The van der Waals surface area contributed by atoms with Gasteiger partial charge in [-0.1, -0.05) is 0 Å². The van der Waals surface area contributed by atoms with Gasteiger partial charge >= 0.3 is 17.9 Å². The molecule has 6 heteroatoms. The van der Waals surface area contributed by atoms with Crippen LogP contribution in [0.1, 0.15) is 32.1 Å². The number of hydrogen-bond acceptors (Lipinski definition) is 6. The molecule has 25 heavy (non-hydrogen) atoms. The Morgan fingerprint density at radius 3 is 2.16 bits per heavy atom. The van der Waals surface area contributed by atoms with Crippen LogP contribution in [-0.2, 0) is 23.9 Å². The fraction of sp³-hybridized carbons (Fsp3) is 0.842. The van der Waals surface area contributed by atoms with Crippen molar-refractivity contribution in [3.63, 3.8) is 0 Å². The number of carbonyl (C=O) groups excluding carboxylic acids is 3. The number of cyclic esters (lactones) is 3. The Hall–Kier alpha value is -1.43. The summed E-state index contributed by atoms with van der Waals surface area (Å²) < 4.78 is 10.2. The van der Waals surface area contributed by atoms with Gasteiger partial charge in [0.2, 0.25) is 6.29 Å². The van der Waals surface area contributed by atoms with E-state index in [2.05, 4.69) is 0 Å². The van der Waals surface area contributed by atoms with Gasteiger partial charge in [0.05, 0.1) is 11.8 Å². The molecule has 2 heterocycles. The van der Waals surface area contributed by atoms with Gasteiger partial charge in [-0.2, -0.15) is 0 Å². The summed E-state index contributed by atoms with van der Waals surface area (Å²) in [5.41, 5.74) is 0. The van der Waals surface area contributed by atoms with Crippen molar-refractivity contribution in [2.45, 2.75) is 38.4 Å². The summed E-state index contributed by atoms with van der Waals surface area (Å²) in [7, 11) is 0. The molecule has 2 saturated heterocycles. The van der Waals surface area contributed by atoms with Gasteiger partial charge in [0.15, 0.2) is 0 Å². The number of hydrogen-bond donors (Lipinski definition) is 1. The molecule has 6 nitrogen and oxygen atoms in total. The summed E-state index contributed by atoms with van der Waals surface area (Å²) in [5.74, 6) is 0.507. The zero-order valence-electron chi connectivity index (χ0n) is 13.9. The summed E-state index contributed by atoms with van der Waals surface area (Å²) >= 11 is 0. The smallest absolute Gasteiger partial charge is 0.317 e. The summed E-state index contributed by atoms with van der Waals surface area (Å²) in [5, 5.41) is 10.3. The van der Waals surface area contributed by atoms with Crippen LogP contribution in [0.2, 0.25) is 0 Å². The maximum Gasteiger partial charge on any atom is 0.317 e. The van der Waals surface area contributed by atoms with E-state index < -0.39 is 6.29 Å². The van der Waals surface area contributed by atoms with Crippen molar-refractivity contribution in [2.24, 2.45) is 59.2 Å². The predicted octanol–water partition coefficient (Wildman–Crippen LogP) is 1.11. The molecule has 6 aliphatic carbocycles. The van der Waals surface area contributed by atoms with Crippen LogP contribution in [0, 0.1) is 59.2 Å². The maximum absolute atomic E-state index is 12.5. The highest BCUT2D eigenvalue weighted by Crippen LogP contribution is 2.70. The Kier molecular flexibility index (Phi) is 2.73. The molecule has 0 amide bonds. The Balaban J connectivity index is 1.45. The van der Waals surface area contributed by atoms with E-state index in [1.54, 1.807) is 0 Å². The van der Waals surface area contributed by atoms with Crippen molar-refractivity contribution in [2.75, 3.05) is 0 Å². The zero-order chi connectivity index (χ0) is 17.0. The van der Waals surface area contributed by atoms with Crippen molar-refractivity contribution < 1.29 is 29.0 Å². The Labute approximate surface area is 145 Å². The van der Waals surface area contributed by atoms with Crippen LogP contribution in [0.3, 0.4) is 0 Å². The molecule has 0 aromatic heterocycles. The van der Waals surface area contributed by atoms with Gasteiger partial charge in [-0.3, -0.25) is 14.4 Å². The molecular weight excluding hydrogens is 324 g/mol.